The summed E-state index contributed by atoms with van der Waals surface area (Å²) in [6.07, 6.45) is 1.77. The molecule has 66 valence electrons. The van der Waals surface area contributed by atoms with Crippen molar-refractivity contribution in [3.63, 3.8) is 0 Å². The van der Waals surface area contributed by atoms with Gasteiger partial charge in [-0.05, 0) is 27.8 Å². The van der Waals surface area contributed by atoms with Crippen molar-refractivity contribution >= 4 is 26.0 Å². The third kappa shape index (κ3) is 1.24. The first-order valence-electron chi connectivity index (χ1n) is 3.71. The summed E-state index contributed by atoms with van der Waals surface area (Å²) in [4.78, 5) is 0.969. The van der Waals surface area contributed by atoms with E-state index in [4.69, 9.17) is 0 Å². The molecule has 1 aromatic rings. The Morgan fingerprint density at radius 3 is 3.08 bits per heavy atom. The lowest BCUT2D eigenvalue weighted by molar-refractivity contribution is 0.669. The van der Waals surface area contributed by atoms with Crippen LogP contribution in [-0.2, 0) is 16.7 Å². The van der Waals surface area contributed by atoms with Crippen molar-refractivity contribution in [1.82, 2.24) is 4.72 Å². The van der Waals surface area contributed by atoms with Crippen LogP contribution >= 0.6 is 15.9 Å². The van der Waals surface area contributed by atoms with Crippen molar-refractivity contribution in [2.24, 2.45) is 0 Å². The highest BCUT2D eigenvalue weighted by Gasteiger charge is 2.22. The van der Waals surface area contributed by atoms with E-state index in [1.807, 2.05) is 18.2 Å². The van der Waals surface area contributed by atoms with Gasteiger partial charge in [0, 0.05) is 22.2 Å². The molecular weight excluding hydrogens is 238 g/mol. The number of rotatable bonds is 0. The van der Waals surface area contributed by atoms with Crippen molar-refractivity contribution in [3.8, 4) is 0 Å². The molecule has 0 bridgehead atoms. The summed E-state index contributed by atoms with van der Waals surface area (Å²) in [5.74, 6) is 0. The monoisotopic (exact) mass is 247 g/mol. The predicted octanol–water partition coefficient (Wildman–Crippen LogP) is 1.47. The molecule has 4 heteroatoms. The van der Waals surface area contributed by atoms with Gasteiger partial charge in [-0.1, -0.05) is 22.0 Å². The Kier molecular flexibility index (Phi) is 1.86. The number of halogens is 1. The molecule has 0 atom stereocenters. The summed E-state index contributed by atoms with van der Waals surface area (Å²) >= 11 is 3.37. The lowest BCUT2D eigenvalue weighted by Crippen LogP contribution is -2.21. The van der Waals surface area contributed by atoms with Crippen LogP contribution < -0.4 is 4.72 Å². The molecular formula is C8H10BrNOS. The molecule has 0 saturated heterocycles. The molecule has 0 spiro atoms. The summed E-state index contributed by atoms with van der Waals surface area (Å²) in [7, 11) is -2.24. The molecule has 0 fully saturated rings. The van der Waals surface area contributed by atoms with Gasteiger partial charge in [0.1, 0.15) is 0 Å². The van der Waals surface area contributed by atoms with Gasteiger partial charge in [0.05, 0.1) is 0 Å². The van der Waals surface area contributed by atoms with E-state index in [1.165, 1.54) is 0 Å². The van der Waals surface area contributed by atoms with Crippen molar-refractivity contribution < 1.29 is 4.21 Å². The summed E-state index contributed by atoms with van der Waals surface area (Å²) < 4.78 is 15.9. The first kappa shape index (κ1) is 8.41. The van der Waals surface area contributed by atoms with Crippen LogP contribution in [0.3, 0.4) is 0 Å². The molecule has 0 amide bonds. The Balaban J connectivity index is 2.65. The first-order valence-corrected chi connectivity index (χ1v) is 6.66. The van der Waals surface area contributed by atoms with Crippen LogP contribution in [0.2, 0.25) is 0 Å². The van der Waals surface area contributed by atoms with Gasteiger partial charge in [-0.25, -0.2) is 0 Å². The lowest BCUT2D eigenvalue weighted by Gasteiger charge is -2.12. The molecule has 0 aromatic heterocycles. The van der Waals surface area contributed by atoms with E-state index in [0.717, 1.165) is 21.5 Å². The largest absolute Gasteiger partial charge is 0.267 e. The lowest BCUT2D eigenvalue weighted by atomic mass is 10.2. The maximum Gasteiger partial charge on any atom is 0.0329 e. The van der Waals surface area contributed by atoms with Gasteiger partial charge in [-0.15, -0.1) is 0 Å². The zero-order valence-electron chi connectivity index (χ0n) is 6.67. The molecule has 0 radical (unpaired) electrons. The molecule has 2 nitrogen and oxygen atoms in total. The topological polar surface area (TPSA) is 29.1 Å². The third-order valence-corrected chi connectivity index (χ3v) is 4.67. The van der Waals surface area contributed by atoms with Gasteiger partial charge >= 0.3 is 0 Å². The van der Waals surface area contributed by atoms with Gasteiger partial charge in [0.2, 0.25) is 0 Å². The molecule has 1 aliphatic rings. The minimum Gasteiger partial charge on any atom is -0.267 e. The molecule has 2 rings (SSSR count). The number of fused-ring (bicyclic) bond motifs is 1. The van der Waals surface area contributed by atoms with Crippen molar-refractivity contribution in [2.75, 3.05) is 6.26 Å². The fourth-order valence-electron chi connectivity index (χ4n) is 1.40. The van der Waals surface area contributed by atoms with Gasteiger partial charge in [0.25, 0.3) is 0 Å². The Morgan fingerprint density at radius 1 is 1.58 bits per heavy atom. The molecule has 12 heavy (non-hydrogen) atoms. The molecule has 1 N–H and O–H groups in total. The molecule has 0 aliphatic carbocycles. The minimum atomic E-state index is -2.24. The second kappa shape index (κ2) is 2.65. The van der Waals surface area contributed by atoms with Crippen molar-refractivity contribution in [2.45, 2.75) is 11.4 Å². The normalized spacial score (nSPS) is 21.8. The van der Waals surface area contributed by atoms with Gasteiger partial charge < -0.3 is 0 Å². The fourth-order valence-corrected chi connectivity index (χ4v) is 3.67. The zero-order chi connectivity index (χ0) is 8.77. The minimum absolute atomic E-state index is 0.733. The Labute approximate surface area is 81.1 Å². The van der Waals surface area contributed by atoms with E-state index in [0.29, 0.717) is 0 Å². The van der Waals surface area contributed by atoms with Crippen molar-refractivity contribution in [3.05, 3.63) is 28.2 Å². The van der Waals surface area contributed by atoms with Crippen LogP contribution in [0.15, 0.2) is 27.6 Å². The Morgan fingerprint density at radius 2 is 2.33 bits per heavy atom. The molecule has 1 aliphatic heterocycles. The number of hydrogen-bond acceptors (Lipinski definition) is 1. The van der Waals surface area contributed by atoms with E-state index in [1.54, 1.807) is 6.26 Å². The van der Waals surface area contributed by atoms with Crippen LogP contribution in [0, 0.1) is 0 Å². The average Bonchev–Trinajstić information content (AvgIpc) is 2.28. The molecule has 0 unspecified atom stereocenters. The van der Waals surface area contributed by atoms with E-state index in [2.05, 4.69) is 20.7 Å². The van der Waals surface area contributed by atoms with E-state index in [-0.39, 0.29) is 0 Å². The Bertz CT molecular complexity index is 377. The summed E-state index contributed by atoms with van der Waals surface area (Å²) in [6, 6.07) is 5.93. The summed E-state index contributed by atoms with van der Waals surface area (Å²) in [6.45, 7) is 0.733. The third-order valence-electron chi connectivity index (χ3n) is 2.08. The van der Waals surface area contributed by atoms with Crippen molar-refractivity contribution in [1.29, 1.82) is 0 Å². The highest BCUT2D eigenvalue weighted by Crippen LogP contribution is 2.28. The highest BCUT2D eigenvalue weighted by atomic mass is 79.9. The maximum atomic E-state index is 11.9. The zero-order valence-corrected chi connectivity index (χ0v) is 9.15. The quantitative estimate of drug-likeness (QED) is 0.669. The van der Waals surface area contributed by atoms with E-state index < -0.39 is 10.1 Å². The van der Waals surface area contributed by atoms with Gasteiger partial charge in [-0.3, -0.25) is 8.93 Å². The predicted molar refractivity (Wildman–Crippen MR) is 54.7 cm³/mol. The molecule has 0 saturated carbocycles. The number of hydrogen-bond donors (Lipinski definition) is 2. The van der Waals surface area contributed by atoms with E-state index >= 15 is 0 Å². The SMILES string of the molecule is C[SH]1(=O)NCc2ccc(Br)cc21. The Hall–Kier alpha value is -0.190. The van der Waals surface area contributed by atoms with Crippen LogP contribution in [0.25, 0.3) is 0 Å². The average molecular weight is 248 g/mol. The highest BCUT2D eigenvalue weighted by molar-refractivity contribution is 9.10. The van der Waals surface area contributed by atoms with Crippen LogP contribution in [0.4, 0.5) is 0 Å². The van der Waals surface area contributed by atoms with Crippen LogP contribution in [0.5, 0.6) is 0 Å². The number of benzene rings is 1. The molecule has 1 heterocycles. The number of thiol groups is 1. The van der Waals surface area contributed by atoms with Gasteiger partial charge in [-0.2, -0.15) is 0 Å². The molecule has 1 aromatic carbocycles. The summed E-state index contributed by atoms with van der Waals surface area (Å²) in [5.41, 5.74) is 1.16. The first-order chi connectivity index (χ1) is 5.59. The second-order valence-electron chi connectivity index (χ2n) is 3.03. The fraction of sp³-hybridized carbons (Fsp3) is 0.250. The second-order valence-corrected chi connectivity index (χ2v) is 6.59. The van der Waals surface area contributed by atoms with E-state index in [9.17, 15) is 4.21 Å². The number of nitrogens with one attached hydrogen (secondary N) is 1. The maximum absolute atomic E-state index is 11.9. The van der Waals surface area contributed by atoms with Crippen LogP contribution in [-0.4, -0.2) is 10.5 Å². The van der Waals surface area contributed by atoms with Gasteiger partial charge in [0.15, 0.2) is 0 Å². The standard InChI is InChI=1S/C8H10BrNOS/c1-12(11)8-4-7(9)3-2-6(8)5-10-12/h2-4,12H,5H2,1H3,(H,10,11). The summed E-state index contributed by atoms with van der Waals surface area (Å²) in [5, 5.41) is 0. The van der Waals surface area contributed by atoms with Crippen LogP contribution in [0.1, 0.15) is 5.56 Å². The smallest absolute Gasteiger partial charge is 0.0329 e.